The van der Waals surface area contributed by atoms with Gasteiger partial charge in [-0.05, 0) is 38.9 Å². The summed E-state index contributed by atoms with van der Waals surface area (Å²) < 4.78 is 0. The molecular weight excluding hydrogens is 254 g/mol. The van der Waals surface area contributed by atoms with E-state index >= 15 is 0 Å². The van der Waals surface area contributed by atoms with Crippen LogP contribution >= 0.6 is 11.3 Å². The van der Waals surface area contributed by atoms with Gasteiger partial charge in [0.15, 0.2) is 0 Å². The molecule has 0 spiro atoms. The third-order valence-electron chi connectivity index (χ3n) is 3.09. The summed E-state index contributed by atoms with van der Waals surface area (Å²) in [6.07, 6.45) is 2.85. The van der Waals surface area contributed by atoms with E-state index in [9.17, 15) is 0 Å². The maximum Gasteiger partial charge on any atom is 0.0900 e. The highest BCUT2D eigenvalue weighted by Crippen LogP contribution is 2.27. The Kier molecular flexibility index (Phi) is 4.66. The van der Waals surface area contributed by atoms with Crippen molar-refractivity contribution >= 4 is 11.3 Å². The van der Waals surface area contributed by atoms with Gasteiger partial charge in [0, 0.05) is 29.2 Å². The summed E-state index contributed by atoms with van der Waals surface area (Å²) in [5.74, 6) is 0. The second kappa shape index (κ2) is 6.26. The van der Waals surface area contributed by atoms with Gasteiger partial charge in [-0.3, -0.25) is 4.98 Å². The Morgan fingerprint density at radius 2 is 2.05 bits per heavy atom. The molecule has 0 bridgehead atoms. The number of thiazole rings is 1. The van der Waals surface area contributed by atoms with Crippen LogP contribution in [0, 0.1) is 20.8 Å². The number of nitrogens with one attached hydrogen (secondary N) is 1. The number of pyridine rings is 1. The fraction of sp³-hybridized carbons (Fsp3) is 0.467. The summed E-state index contributed by atoms with van der Waals surface area (Å²) in [5, 5.41) is 4.68. The number of hydrogen-bond donors (Lipinski definition) is 1. The molecule has 0 saturated heterocycles. The van der Waals surface area contributed by atoms with Gasteiger partial charge >= 0.3 is 0 Å². The van der Waals surface area contributed by atoms with Crippen LogP contribution in [-0.2, 0) is 6.42 Å². The summed E-state index contributed by atoms with van der Waals surface area (Å²) in [5.41, 5.74) is 3.47. The Labute approximate surface area is 119 Å². The average Bonchev–Trinajstić information content (AvgIpc) is 2.71. The van der Waals surface area contributed by atoms with Crippen LogP contribution in [0.1, 0.15) is 39.8 Å². The second-order valence-electron chi connectivity index (χ2n) is 4.82. The molecule has 1 atom stereocenters. The van der Waals surface area contributed by atoms with Crippen molar-refractivity contribution in [1.82, 2.24) is 15.3 Å². The SMILES string of the molecule is CCNC(Cc1ccc(C)cn1)c1sc(C)nc1C. The van der Waals surface area contributed by atoms with Crippen LogP contribution in [0.3, 0.4) is 0 Å². The summed E-state index contributed by atoms with van der Waals surface area (Å²) in [6, 6.07) is 4.55. The highest BCUT2D eigenvalue weighted by molar-refractivity contribution is 7.11. The highest BCUT2D eigenvalue weighted by atomic mass is 32.1. The van der Waals surface area contributed by atoms with Crippen LogP contribution < -0.4 is 5.32 Å². The number of nitrogens with zero attached hydrogens (tertiary/aromatic N) is 2. The predicted molar refractivity (Wildman–Crippen MR) is 80.7 cm³/mol. The number of aryl methyl sites for hydroxylation is 3. The van der Waals surface area contributed by atoms with Crippen molar-refractivity contribution in [2.24, 2.45) is 0 Å². The number of hydrogen-bond acceptors (Lipinski definition) is 4. The van der Waals surface area contributed by atoms with E-state index in [1.165, 1.54) is 10.4 Å². The van der Waals surface area contributed by atoms with E-state index < -0.39 is 0 Å². The van der Waals surface area contributed by atoms with Gasteiger partial charge in [-0.15, -0.1) is 11.3 Å². The van der Waals surface area contributed by atoms with Gasteiger partial charge in [0.1, 0.15) is 0 Å². The number of aromatic nitrogens is 2. The first-order valence-corrected chi connectivity index (χ1v) is 7.50. The highest BCUT2D eigenvalue weighted by Gasteiger charge is 2.17. The standard InChI is InChI=1S/C15H21N3S/c1-5-16-14(15-11(3)18-12(4)19-15)8-13-7-6-10(2)9-17-13/h6-7,9,14,16H,5,8H2,1-4H3. The van der Waals surface area contributed by atoms with E-state index in [0.29, 0.717) is 6.04 Å². The molecule has 0 aliphatic carbocycles. The minimum absolute atomic E-state index is 0.311. The Morgan fingerprint density at radius 3 is 2.58 bits per heavy atom. The van der Waals surface area contributed by atoms with Gasteiger partial charge in [-0.25, -0.2) is 4.98 Å². The van der Waals surface area contributed by atoms with Gasteiger partial charge in [-0.1, -0.05) is 13.0 Å². The van der Waals surface area contributed by atoms with Gasteiger partial charge in [-0.2, -0.15) is 0 Å². The first kappa shape index (κ1) is 14.2. The first-order valence-electron chi connectivity index (χ1n) is 6.69. The molecule has 19 heavy (non-hydrogen) atoms. The molecule has 0 saturated carbocycles. The molecule has 0 amide bonds. The van der Waals surface area contributed by atoms with Crippen LogP contribution in [0.5, 0.6) is 0 Å². The molecule has 4 heteroatoms. The van der Waals surface area contributed by atoms with E-state index in [2.05, 4.69) is 55.1 Å². The zero-order valence-electron chi connectivity index (χ0n) is 12.0. The van der Waals surface area contributed by atoms with E-state index in [1.807, 2.05) is 6.20 Å². The van der Waals surface area contributed by atoms with E-state index in [-0.39, 0.29) is 0 Å². The monoisotopic (exact) mass is 275 g/mol. The number of rotatable bonds is 5. The maximum atomic E-state index is 4.53. The van der Waals surface area contributed by atoms with Crippen molar-refractivity contribution in [2.45, 2.75) is 40.2 Å². The molecular formula is C15H21N3S. The van der Waals surface area contributed by atoms with Crippen molar-refractivity contribution < 1.29 is 0 Å². The number of likely N-dealkylation sites (N-methyl/N-ethyl adjacent to an activating group) is 1. The second-order valence-corrected chi connectivity index (χ2v) is 6.06. The fourth-order valence-corrected chi connectivity index (χ4v) is 3.21. The largest absolute Gasteiger partial charge is 0.309 e. The zero-order valence-corrected chi connectivity index (χ0v) is 12.8. The zero-order chi connectivity index (χ0) is 13.8. The third kappa shape index (κ3) is 3.61. The lowest BCUT2D eigenvalue weighted by Gasteiger charge is -2.16. The lowest BCUT2D eigenvalue weighted by molar-refractivity contribution is 0.549. The Hall–Kier alpha value is -1.26. The van der Waals surface area contributed by atoms with E-state index in [1.54, 1.807) is 11.3 Å². The molecule has 102 valence electrons. The van der Waals surface area contributed by atoms with Crippen LogP contribution in [-0.4, -0.2) is 16.5 Å². The normalized spacial score (nSPS) is 12.6. The summed E-state index contributed by atoms with van der Waals surface area (Å²) in [7, 11) is 0. The third-order valence-corrected chi connectivity index (χ3v) is 4.28. The van der Waals surface area contributed by atoms with Crippen LogP contribution in [0.2, 0.25) is 0 Å². The molecule has 0 fully saturated rings. The fourth-order valence-electron chi connectivity index (χ4n) is 2.20. The van der Waals surface area contributed by atoms with Gasteiger partial charge in [0.2, 0.25) is 0 Å². The molecule has 0 aliphatic rings. The lowest BCUT2D eigenvalue weighted by Crippen LogP contribution is -2.23. The predicted octanol–water partition coefficient (Wildman–Crippen LogP) is 3.36. The van der Waals surface area contributed by atoms with Crippen LogP contribution in [0.4, 0.5) is 0 Å². The molecule has 0 aliphatic heterocycles. The van der Waals surface area contributed by atoms with E-state index in [4.69, 9.17) is 0 Å². The van der Waals surface area contributed by atoms with Crippen molar-refractivity contribution in [3.05, 3.63) is 45.2 Å². The van der Waals surface area contributed by atoms with Gasteiger partial charge < -0.3 is 5.32 Å². The Morgan fingerprint density at radius 1 is 1.26 bits per heavy atom. The Bertz CT molecular complexity index is 531. The molecule has 2 aromatic heterocycles. The summed E-state index contributed by atoms with van der Waals surface area (Å²) in [6.45, 7) is 9.31. The van der Waals surface area contributed by atoms with Crippen molar-refractivity contribution in [3.8, 4) is 0 Å². The minimum Gasteiger partial charge on any atom is -0.309 e. The smallest absolute Gasteiger partial charge is 0.0900 e. The molecule has 2 heterocycles. The summed E-state index contributed by atoms with van der Waals surface area (Å²) >= 11 is 1.78. The van der Waals surface area contributed by atoms with Crippen LogP contribution in [0.15, 0.2) is 18.3 Å². The van der Waals surface area contributed by atoms with Crippen molar-refractivity contribution in [3.63, 3.8) is 0 Å². The molecule has 0 radical (unpaired) electrons. The summed E-state index contributed by atoms with van der Waals surface area (Å²) in [4.78, 5) is 10.4. The molecule has 1 unspecified atom stereocenters. The molecule has 1 N–H and O–H groups in total. The van der Waals surface area contributed by atoms with Crippen molar-refractivity contribution in [1.29, 1.82) is 0 Å². The van der Waals surface area contributed by atoms with Crippen LogP contribution in [0.25, 0.3) is 0 Å². The average molecular weight is 275 g/mol. The first-order chi connectivity index (χ1) is 9.10. The van der Waals surface area contributed by atoms with Gasteiger partial charge in [0.25, 0.3) is 0 Å². The maximum absolute atomic E-state index is 4.53. The molecule has 2 rings (SSSR count). The topological polar surface area (TPSA) is 37.8 Å². The van der Waals surface area contributed by atoms with E-state index in [0.717, 1.165) is 29.4 Å². The lowest BCUT2D eigenvalue weighted by atomic mass is 10.1. The molecule has 0 aromatic carbocycles. The van der Waals surface area contributed by atoms with Crippen molar-refractivity contribution in [2.75, 3.05) is 6.54 Å². The minimum atomic E-state index is 0.311. The molecule has 3 nitrogen and oxygen atoms in total. The quantitative estimate of drug-likeness (QED) is 0.909. The molecule has 2 aromatic rings. The van der Waals surface area contributed by atoms with Gasteiger partial charge in [0.05, 0.1) is 10.7 Å². The Balaban J connectivity index is 2.20.